The molecular formula is C16H20N2OS. The maximum absolute atomic E-state index is 12.9. The Labute approximate surface area is 123 Å². The van der Waals surface area contributed by atoms with Crippen LogP contribution in [0.5, 0.6) is 0 Å². The van der Waals surface area contributed by atoms with E-state index in [1.54, 1.807) is 11.8 Å². The Bertz CT molecular complexity index is 508. The first-order chi connectivity index (χ1) is 9.72. The van der Waals surface area contributed by atoms with E-state index in [4.69, 9.17) is 5.73 Å². The first-order valence-corrected chi connectivity index (χ1v) is 8.42. The zero-order valence-electron chi connectivity index (χ0n) is 11.5. The average molecular weight is 288 g/mol. The van der Waals surface area contributed by atoms with Crippen molar-refractivity contribution >= 4 is 17.7 Å². The van der Waals surface area contributed by atoms with Gasteiger partial charge in [0, 0.05) is 23.0 Å². The smallest absolute Gasteiger partial charge is 0.236 e. The lowest BCUT2D eigenvalue weighted by atomic mass is 9.97. The highest BCUT2D eigenvalue weighted by molar-refractivity contribution is 8.01. The molecule has 2 saturated heterocycles. The van der Waals surface area contributed by atoms with Crippen LogP contribution in [0.1, 0.15) is 31.2 Å². The molecule has 3 heterocycles. The molecule has 0 radical (unpaired) electrons. The van der Waals surface area contributed by atoms with Gasteiger partial charge in [0.1, 0.15) is 0 Å². The molecule has 1 aromatic rings. The maximum Gasteiger partial charge on any atom is 0.236 e. The lowest BCUT2D eigenvalue weighted by Gasteiger charge is -2.39. The molecule has 106 valence electrons. The molecule has 0 aliphatic carbocycles. The van der Waals surface area contributed by atoms with Gasteiger partial charge in [-0.1, -0.05) is 18.2 Å². The van der Waals surface area contributed by atoms with E-state index >= 15 is 0 Å². The number of nitrogens with zero attached hydrogens (tertiary/aromatic N) is 1. The minimum Gasteiger partial charge on any atom is -0.336 e. The van der Waals surface area contributed by atoms with Gasteiger partial charge < -0.3 is 10.6 Å². The van der Waals surface area contributed by atoms with Crippen LogP contribution in [0.15, 0.2) is 29.2 Å². The topological polar surface area (TPSA) is 46.3 Å². The summed E-state index contributed by atoms with van der Waals surface area (Å²) in [6.07, 6.45) is 5.17. The fourth-order valence-electron chi connectivity index (χ4n) is 4.07. The molecule has 3 nitrogen and oxygen atoms in total. The zero-order chi connectivity index (χ0) is 13.7. The van der Waals surface area contributed by atoms with Crippen molar-refractivity contribution in [2.24, 2.45) is 5.73 Å². The number of benzene rings is 1. The van der Waals surface area contributed by atoms with Crippen LogP contribution in [-0.2, 0) is 11.2 Å². The first-order valence-electron chi connectivity index (χ1n) is 7.54. The van der Waals surface area contributed by atoms with Crippen molar-refractivity contribution in [2.45, 2.75) is 60.4 Å². The Morgan fingerprint density at radius 2 is 1.90 bits per heavy atom. The highest BCUT2D eigenvalue weighted by atomic mass is 32.2. The predicted octanol–water partition coefficient (Wildman–Crippen LogP) is 2.18. The van der Waals surface area contributed by atoms with Crippen molar-refractivity contribution in [1.29, 1.82) is 0 Å². The standard InChI is InChI=1S/C16H20N2OS/c17-11-8-12-5-6-13(9-11)18(12)16(19)15-7-10-3-1-2-4-14(10)20-15/h1-4,11-13,15H,5-9,17H2. The predicted molar refractivity (Wildman–Crippen MR) is 80.7 cm³/mol. The number of piperidine rings is 1. The van der Waals surface area contributed by atoms with Gasteiger partial charge in [-0.25, -0.2) is 0 Å². The number of fused-ring (bicyclic) bond motifs is 3. The van der Waals surface area contributed by atoms with Crippen LogP contribution in [-0.4, -0.2) is 34.2 Å². The highest BCUT2D eigenvalue weighted by Gasteiger charge is 2.45. The molecule has 1 amide bonds. The van der Waals surface area contributed by atoms with Crippen LogP contribution in [0.3, 0.4) is 0 Å². The maximum atomic E-state index is 12.9. The molecule has 2 N–H and O–H groups in total. The van der Waals surface area contributed by atoms with Crippen LogP contribution < -0.4 is 5.73 Å². The van der Waals surface area contributed by atoms with E-state index in [0.29, 0.717) is 24.0 Å². The molecule has 0 spiro atoms. The number of nitrogens with two attached hydrogens (primary N) is 1. The summed E-state index contributed by atoms with van der Waals surface area (Å²) in [5.74, 6) is 0.352. The fraction of sp³-hybridized carbons (Fsp3) is 0.562. The first kappa shape index (κ1) is 12.7. The Morgan fingerprint density at radius 3 is 2.60 bits per heavy atom. The number of carbonyl (C=O) groups is 1. The van der Waals surface area contributed by atoms with Crippen LogP contribution in [0.4, 0.5) is 0 Å². The lowest BCUT2D eigenvalue weighted by molar-refractivity contribution is -0.135. The second-order valence-corrected chi connectivity index (χ2v) is 7.52. The molecule has 2 bridgehead atoms. The molecule has 0 aromatic heterocycles. The number of amides is 1. The van der Waals surface area contributed by atoms with Crippen molar-refractivity contribution in [2.75, 3.05) is 0 Å². The van der Waals surface area contributed by atoms with Crippen molar-refractivity contribution in [3.8, 4) is 0 Å². The Morgan fingerprint density at radius 1 is 1.20 bits per heavy atom. The summed E-state index contributed by atoms with van der Waals surface area (Å²) < 4.78 is 0. The van der Waals surface area contributed by atoms with E-state index in [2.05, 4.69) is 29.2 Å². The van der Waals surface area contributed by atoms with Crippen molar-refractivity contribution in [3.63, 3.8) is 0 Å². The van der Waals surface area contributed by atoms with Gasteiger partial charge in [0.05, 0.1) is 5.25 Å². The molecule has 3 atom stereocenters. The molecular weight excluding hydrogens is 268 g/mol. The van der Waals surface area contributed by atoms with Crippen LogP contribution in [0.2, 0.25) is 0 Å². The summed E-state index contributed by atoms with van der Waals surface area (Å²) in [7, 11) is 0. The van der Waals surface area contributed by atoms with Crippen molar-refractivity contribution in [1.82, 2.24) is 4.90 Å². The number of hydrogen-bond donors (Lipinski definition) is 1. The second kappa shape index (κ2) is 4.78. The second-order valence-electron chi connectivity index (χ2n) is 6.28. The molecule has 4 rings (SSSR count). The number of rotatable bonds is 1. The summed E-state index contributed by atoms with van der Waals surface area (Å²) in [6.45, 7) is 0. The third kappa shape index (κ3) is 1.97. The van der Waals surface area contributed by atoms with E-state index in [1.165, 1.54) is 10.5 Å². The van der Waals surface area contributed by atoms with Gasteiger partial charge in [-0.3, -0.25) is 4.79 Å². The Balaban J connectivity index is 1.52. The van der Waals surface area contributed by atoms with E-state index in [9.17, 15) is 4.79 Å². The SMILES string of the molecule is NC1CC2CCC(C1)N2C(=O)C1Cc2ccccc2S1. The van der Waals surface area contributed by atoms with Crippen LogP contribution >= 0.6 is 11.8 Å². The third-order valence-electron chi connectivity index (χ3n) is 4.95. The largest absolute Gasteiger partial charge is 0.336 e. The lowest BCUT2D eigenvalue weighted by Crippen LogP contribution is -2.52. The van der Waals surface area contributed by atoms with Gasteiger partial charge in [0.15, 0.2) is 0 Å². The minimum atomic E-state index is 0.0878. The number of hydrogen-bond acceptors (Lipinski definition) is 3. The van der Waals surface area contributed by atoms with Gasteiger partial charge in [0.2, 0.25) is 5.91 Å². The van der Waals surface area contributed by atoms with Crippen LogP contribution in [0, 0.1) is 0 Å². The Hall–Kier alpha value is -1.00. The summed E-state index contributed by atoms with van der Waals surface area (Å²) in [6, 6.07) is 9.51. The van der Waals surface area contributed by atoms with Gasteiger partial charge in [-0.15, -0.1) is 11.8 Å². The molecule has 1 aromatic carbocycles. The van der Waals surface area contributed by atoms with E-state index in [-0.39, 0.29) is 5.25 Å². The normalized spacial score (nSPS) is 35.1. The quantitative estimate of drug-likeness (QED) is 0.861. The van der Waals surface area contributed by atoms with Crippen LogP contribution in [0.25, 0.3) is 0 Å². The molecule has 20 heavy (non-hydrogen) atoms. The monoisotopic (exact) mass is 288 g/mol. The van der Waals surface area contributed by atoms with Gasteiger partial charge in [-0.05, 0) is 43.7 Å². The Kier molecular flexibility index (Phi) is 3.04. The minimum absolute atomic E-state index is 0.0878. The summed E-state index contributed by atoms with van der Waals surface area (Å²) >= 11 is 1.75. The van der Waals surface area contributed by atoms with Crippen molar-refractivity contribution < 1.29 is 4.79 Å². The number of carbonyl (C=O) groups excluding carboxylic acids is 1. The molecule has 0 saturated carbocycles. The number of thioether (sulfide) groups is 1. The van der Waals surface area contributed by atoms with E-state index < -0.39 is 0 Å². The molecule has 3 unspecified atom stereocenters. The summed E-state index contributed by atoms with van der Waals surface area (Å²) in [5, 5.41) is 0.0878. The molecule has 3 aliphatic rings. The average Bonchev–Trinajstić information content (AvgIpc) is 2.98. The summed E-state index contributed by atoms with van der Waals surface area (Å²) in [4.78, 5) is 16.4. The third-order valence-corrected chi connectivity index (χ3v) is 6.25. The molecule has 3 aliphatic heterocycles. The van der Waals surface area contributed by atoms with Gasteiger partial charge in [-0.2, -0.15) is 0 Å². The summed E-state index contributed by atoms with van der Waals surface area (Å²) in [5.41, 5.74) is 7.43. The van der Waals surface area contributed by atoms with Gasteiger partial charge in [0.25, 0.3) is 0 Å². The van der Waals surface area contributed by atoms with Gasteiger partial charge >= 0.3 is 0 Å². The van der Waals surface area contributed by atoms with E-state index in [0.717, 1.165) is 32.1 Å². The molecule has 4 heteroatoms. The highest BCUT2D eigenvalue weighted by Crippen LogP contribution is 2.41. The zero-order valence-corrected chi connectivity index (χ0v) is 12.3. The van der Waals surface area contributed by atoms with Crippen molar-refractivity contribution in [3.05, 3.63) is 29.8 Å². The van der Waals surface area contributed by atoms with E-state index in [1.807, 2.05) is 0 Å². The fourth-order valence-corrected chi connectivity index (χ4v) is 5.32. The molecule has 2 fully saturated rings.